The molecule has 2 N–H and O–H groups in total. The molecule has 0 bridgehead atoms. The molecule has 0 radical (unpaired) electrons. The van der Waals surface area contributed by atoms with Gasteiger partial charge in [-0.25, -0.2) is 4.98 Å². The SMILES string of the molecule is Nc1nc2cccc(Cl)c2n1CC1(C2CC2)CC1. The Bertz CT molecular complexity index is 623. The Morgan fingerprint density at radius 3 is 2.83 bits per heavy atom. The third-order valence-corrected chi connectivity index (χ3v) is 4.86. The molecule has 2 saturated carbocycles. The molecule has 94 valence electrons. The summed E-state index contributed by atoms with van der Waals surface area (Å²) < 4.78 is 2.13. The molecule has 18 heavy (non-hydrogen) atoms. The van der Waals surface area contributed by atoms with E-state index in [0.717, 1.165) is 28.5 Å². The Morgan fingerprint density at radius 2 is 2.17 bits per heavy atom. The third-order valence-electron chi connectivity index (χ3n) is 4.56. The normalized spacial score (nSPS) is 21.4. The lowest BCUT2D eigenvalue weighted by atomic mass is 10.0. The van der Waals surface area contributed by atoms with Gasteiger partial charge in [-0.3, -0.25) is 0 Å². The predicted octanol–water partition coefficient (Wildman–Crippen LogP) is 3.46. The molecule has 2 aliphatic carbocycles. The molecule has 1 heterocycles. The molecule has 0 spiro atoms. The monoisotopic (exact) mass is 261 g/mol. The largest absolute Gasteiger partial charge is 0.369 e. The number of imidazole rings is 1. The second kappa shape index (κ2) is 3.41. The molecule has 0 aliphatic heterocycles. The summed E-state index contributed by atoms with van der Waals surface area (Å²) in [5.74, 6) is 1.52. The van der Waals surface area contributed by atoms with Crippen molar-refractivity contribution in [2.24, 2.45) is 11.3 Å². The van der Waals surface area contributed by atoms with Gasteiger partial charge < -0.3 is 10.3 Å². The molecule has 1 aromatic carbocycles. The van der Waals surface area contributed by atoms with E-state index in [2.05, 4.69) is 9.55 Å². The fraction of sp³-hybridized carbons (Fsp3) is 0.500. The average molecular weight is 262 g/mol. The lowest BCUT2D eigenvalue weighted by Gasteiger charge is -2.16. The van der Waals surface area contributed by atoms with Gasteiger partial charge in [0, 0.05) is 6.54 Å². The van der Waals surface area contributed by atoms with Gasteiger partial charge in [-0.05, 0) is 49.1 Å². The smallest absolute Gasteiger partial charge is 0.201 e. The number of nitrogens with two attached hydrogens (primary N) is 1. The highest BCUT2D eigenvalue weighted by Gasteiger charge is 2.54. The molecule has 2 fully saturated rings. The highest BCUT2D eigenvalue weighted by atomic mass is 35.5. The van der Waals surface area contributed by atoms with Gasteiger partial charge >= 0.3 is 0 Å². The maximum absolute atomic E-state index is 6.30. The number of benzene rings is 1. The van der Waals surface area contributed by atoms with Gasteiger partial charge in [0.2, 0.25) is 5.95 Å². The van der Waals surface area contributed by atoms with Crippen LogP contribution in [-0.2, 0) is 6.54 Å². The van der Waals surface area contributed by atoms with Crippen molar-refractivity contribution >= 4 is 28.6 Å². The van der Waals surface area contributed by atoms with Gasteiger partial charge in [0.05, 0.1) is 16.1 Å². The number of hydrogen-bond acceptors (Lipinski definition) is 2. The van der Waals surface area contributed by atoms with Crippen molar-refractivity contribution in [3.8, 4) is 0 Å². The van der Waals surface area contributed by atoms with Crippen LogP contribution in [0.3, 0.4) is 0 Å². The predicted molar refractivity (Wildman–Crippen MR) is 73.5 cm³/mol. The molecule has 2 aliphatic rings. The Hall–Kier alpha value is -1.22. The van der Waals surface area contributed by atoms with E-state index in [4.69, 9.17) is 17.3 Å². The van der Waals surface area contributed by atoms with Gasteiger partial charge in [-0.15, -0.1) is 0 Å². The second-order valence-electron chi connectivity index (χ2n) is 5.80. The topological polar surface area (TPSA) is 43.8 Å². The van der Waals surface area contributed by atoms with Gasteiger partial charge in [0.1, 0.15) is 0 Å². The zero-order valence-electron chi connectivity index (χ0n) is 10.2. The first-order valence-electron chi connectivity index (χ1n) is 6.60. The Balaban J connectivity index is 1.81. The number of para-hydroxylation sites is 1. The van der Waals surface area contributed by atoms with Crippen LogP contribution < -0.4 is 5.73 Å². The first-order valence-corrected chi connectivity index (χ1v) is 6.98. The summed E-state index contributed by atoms with van der Waals surface area (Å²) in [6.45, 7) is 0.990. The van der Waals surface area contributed by atoms with Crippen LogP contribution >= 0.6 is 11.6 Å². The highest BCUT2D eigenvalue weighted by Crippen LogP contribution is 2.62. The highest BCUT2D eigenvalue weighted by molar-refractivity contribution is 6.35. The van der Waals surface area contributed by atoms with Crippen molar-refractivity contribution in [2.45, 2.75) is 32.2 Å². The molecule has 0 saturated heterocycles. The molecule has 4 rings (SSSR count). The fourth-order valence-corrected chi connectivity index (χ4v) is 3.46. The number of nitrogen functional groups attached to an aromatic ring is 1. The number of anilines is 1. The standard InChI is InChI=1S/C14H16ClN3/c15-10-2-1-3-11-12(10)18(13(16)17-11)8-14(6-7-14)9-4-5-9/h1-3,9H,4-8H2,(H2,16,17). The van der Waals surface area contributed by atoms with E-state index in [0.29, 0.717) is 11.4 Å². The first-order chi connectivity index (χ1) is 8.70. The van der Waals surface area contributed by atoms with Crippen LogP contribution in [0.5, 0.6) is 0 Å². The number of nitrogens with zero attached hydrogens (tertiary/aromatic N) is 2. The zero-order valence-corrected chi connectivity index (χ0v) is 11.0. The molecule has 3 nitrogen and oxygen atoms in total. The van der Waals surface area contributed by atoms with Crippen LogP contribution in [0.2, 0.25) is 5.02 Å². The third kappa shape index (κ3) is 1.46. The number of hydrogen-bond donors (Lipinski definition) is 1. The molecule has 4 heteroatoms. The maximum Gasteiger partial charge on any atom is 0.201 e. The first kappa shape index (κ1) is 10.7. The van der Waals surface area contributed by atoms with Crippen molar-refractivity contribution in [1.82, 2.24) is 9.55 Å². The van der Waals surface area contributed by atoms with Crippen LogP contribution in [0.15, 0.2) is 18.2 Å². The summed E-state index contributed by atoms with van der Waals surface area (Å²) in [5, 5.41) is 0.753. The van der Waals surface area contributed by atoms with E-state index in [-0.39, 0.29) is 0 Å². The molecule has 0 unspecified atom stereocenters. The van der Waals surface area contributed by atoms with Crippen molar-refractivity contribution in [3.05, 3.63) is 23.2 Å². The fourth-order valence-electron chi connectivity index (χ4n) is 3.19. The van der Waals surface area contributed by atoms with Crippen molar-refractivity contribution < 1.29 is 0 Å². The van der Waals surface area contributed by atoms with Gasteiger partial charge in [0.15, 0.2) is 0 Å². The van der Waals surface area contributed by atoms with Crippen molar-refractivity contribution in [1.29, 1.82) is 0 Å². The zero-order chi connectivity index (χ0) is 12.3. The molecule has 0 atom stereocenters. The van der Waals surface area contributed by atoms with E-state index in [1.165, 1.54) is 25.7 Å². The van der Waals surface area contributed by atoms with E-state index in [9.17, 15) is 0 Å². The Labute approximate surface area is 111 Å². The summed E-state index contributed by atoms with van der Waals surface area (Å²) in [7, 11) is 0. The van der Waals surface area contributed by atoms with Crippen LogP contribution in [-0.4, -0.2) is 9.55 Å². The lowest BCUT2D eigenvalue weighted by molar-refractivity contribution is 0.377. The number of rotatable bonds is 3. The Morgan fingerprint density at radius 1 is 1.39 bits per heavy atom. The molecular formula is C14H16ClN3. The summed E-state index contributed by atoms with van der Waals surface area (Å²) in [6, 6.07) is 5.82. The van der Waals surface area contributed by atoms with Crippen LogP contribution in [0, 0.1) is 11.3 Å². The van der Waals surface area contributed by atoms with E-state index in [1.807, 2.05) is 18.2 Å². The van der Waals surface area contributed by atoms with Crippen molar-refractivity contribution in [2.75, 3.05) is 5.73 Å². The molecule has 1 aromatic heterocycles. The second-order valence-corrected chi connectivity index (χ2v) is 6.21. The molecule has 0 amide bonds. The van der Waals surface area contributed by atoms with Crippen molar-refractivity contribution in [3.63, 3.8) is 0 Å². The number of aromatic nitrogens is 2. The minimum absolute atomic E-state index is 0.501. The minimum atomic E-state index is 0.501. The lowest BCUT2D eigenvalue weighted by Crippen LogP contribution is -2.15. The Kier molecular flexibility index (Phi) is 2.03. The number of halogens is 1. The molecule has 2 aromatic rings. The minimum Gasteiger partial charge on any atom is -0.369 e. The summed E-state index contributed by atoms with van der Waals surface area (Å²) in [6.07, 6.45) is 5.45. The summed E-state index contributed by atoms with van der Waals surface area (Å²) in [4.78, 5) is 4.42. The van der Waals surface area contributed by atoms with Crippen LogP contribution in [0.1, 0.15) is 25.7 Å². The van der Waals surface area contributed by atoms with Gasteiger partial charge in [0.25, 0.3) is 0 Å². The summed E-state index contributed by atoms with van der Waals surface area (Å²) in [5.41, 5.74) is 8.48. The molecular weight excluding hydrogens is 246 g/mol. The van der Waals surface area contributed by atoms with Gasteiger partial charge in [-0.1, -0.05) is 17.7 Å². The van der Waals surface area contributed by atoms with E-state index >= 15 is 0 Å². The van der Waals surface area contributed by atoms with E-state index < -0.39 is 0 Å². The van der Waals surface area contributed by atoms with Gasteiger partial charge in [-0.2, -0.15) is 0 Å². The number of fused-ring (bicyclic) bond motifs is 1. The quantitative estimate of drug-likeness (QED) is 0.920. The summed E-state index contributed by atoms with van der Waals surface area (Å²) >= 11 is 6.30. The average Bonchev–Trinajstić information content (AvgIpc) is 3.21. The van der Waals surface area contributed by atoms with E-state index in [1.54, 1.807) is 0 Å². The maximum atomic E-state index is 6.30. The van der Waals surface area contributed by atoms with Crippen LogP contribution in [0.25, 0.3) is 11.0 Å². The van der Waals surface area contributed by atoms with Crippen LogP contribution in [0.4, 0.5) is 5.95 Å².